The van der Waals surface area contributed by atoms with Crippen LogP contribution >= 0.6 is 0 Å². The molecule has 7 nitrogen and oxygen atoms in total. The van der Waals surface area contributed by atoms with E-state index >= 15 is 0 Å². The Morgan fingerprint density at radius 1 is 1.45 bits per heavy atom. The first-order chi connectivity index (χ1) is 9.43. The summed E-state index contributed by atoms with van der Waals surface area (Å²) >= 11 is 0. The Hall–Kier alpha value is -1.80. The van der Waals surface area contributed by atoms with Crippen LogP contribution in [0.15, 0.2) is 24.3 Å². The van der Waals surface area contributed by atoms with E-state index in [1.165, 1.54) is 6.07 Å². The van der Waals surface area contributed by atoms with Crippen molar-refractivity contribution in [3.05, 3.63) is 24.3 Å². The van der Waals surface area contributed by atoms with Gasteiger partial charge < -0.3 is 15.2 Å². The molecule has 0 aliphatic rings. The number of amidine groups is 1. The Morgan fingerprint density at radius 2 is 2.20 bits per heavy atom. The third-order valence-electron chi connectivity index (χ3n) is 2.20. The minimum Gasteiger partial charge on any atom is -0.486 e. The van der Waals surface area contributed by atoms with Crippen LogP contribution in [0, 0.1) is 5.41 Å². The molecule has 0 saturated heterocycles. The summed E-state index contributed by atoms with van der Waals surface area (Å²) in [6.07, 6.45) is 0. The summed E-state index contributed by atoms with van der Waals surface area (Å²) in [6, 6.07) is 6.44. The fourth-order valence-electron chi connectivity index (χ4n) is 1.35. The molecule has 0 unspecified atom stereocenters. The Bertz CT molecular complexity index is 545. The zero-order chi connectivity index (χ0) is 15.0. The van der Waals surface area contributed by atoms with E-state index in [-0.39, 0.29) is 24.8 Å². The molecule has 0 spiro atoms. The third-order valence-corrected chi connectivity index (χ3v) is 3.45. The number of nitrogens with two attached hydrogens (primary N) is 1. The van der Waals surface area contributed by atoms with Gasteiger partial charge in [-0.15, -0.1) is 0 Å². The lowest BCUT2D eigenvalue weighted by Crippen LogP contribution is -2.20. The number of ether oxygens (including phenoxy) is 2. The molecule has 0 aliphatic heterocycles. The van der Waals surface area contributed by atoms with E-state index in [1.807, 2.05) is 0 Å². The van der Waals surface area contributed by atoms with Crippen molar-refractivity contribution in [2.75, 3.05) is 30.3 Å². The second-order valence-electron chi connectivity index (χ2n) is 3.96. The average molecular weight is 301 g/mol. The smallest absolute Gasteiger partial charge is 0.235 e. The van der Waals surface area contributed by atoms with Gasteiger partial charge in [-0.05, 0) is 19.1 Å². The second-order valence-corrected chi connectivity index (χ2v) is 5.80. The first-order valence-electron chi connectivity index (χ1n) is 6.07. The van der Waals surface area contributed by atoms with Gasteiger partial charge >= 0.3 is 0 Å². The van der Waals surface area contributed by atoms with Crippen LogP contribution in [-0.2, 0) is 14.8 Å². The van der Waals surface area contributed by atoms with Crippen molar-refractivity contribution in [1.82, 2.24) is 0 Å². The molecule has 0 aromatic heterocycles. The van der Waals surface area contributed by atoms with Gasteiger partial charge in [0.15, 0.2) is 0 Å². The minimum atomic E-state index is -3.45. The molecular weight excluding hydrogens is 282 g/mol. The van der Waals surface area contributed by atoms with Crippen molar-refractivity contribution in [2.24, 2.45) is 5.73 Å². The van der Waals surface area contributed by atoms with Gasteiger partial charge in [-0.2, -0.15) is 0 Å². The van der Waals surface area contributed by atoms with E-state index in [9.17, 15) is 8.42 Å². The number of hydrogen-bond donors (Lipinski definition) is 3. The quantitative estimate of drug-likeness (QED) is 0.354. The van der Waals surface area contributed by atoms with Crippen LogP contribution in [0.25, 0.3) is 0 Å². The molecule has 1 rings (SSSR count). The lowest BCUT2D eigenvalue weighted by molar-refractivity contribution is 0.163. The molecule has 20 heavy (non-hydrogen) atoms. The van der Waals surface area contributed by atoms with E-state index in [0.717, 1.165) is 0 Å². The van der Waals surface area contributed by atoms with Gasteiger partial charge in [-0.3, -0.25) is 10.1 Å². The molecule has 0 amide bonds. The number of hydrogen-bond acceptors (Lipinski definition) is 5. The average Bonchev–Trinajstić information content (AvgIpc) is 2.36. The molecule has 0 heterocycles. The molecule has 0 fully saturated rings. The maximum Gasteiger partial charge on any atom is 0.235 e. The first kappa shape index (κ1) is 16.3. The van der Waals surface area contributed by atoms with Crippen LogP contribution in [0.1, 0.15) is 6.92 Å². The summed E-state index contributed by atoms with van der Waals surface area (Å²) in [7, 11) is -3.45. The molecule has 0 aliphatic carbocycles. The van der Waals surface area contributed by atoms with Crippen LogP contribution in [0.2, 0.25) is 0 Å². The first-order valence-corrected chi connectivity index (χ1v) is 7.72. The summed E-state index contributed by atoms with van der Waals surface area (Å²) in [4.78, 5) is 0. The van der Waals surface area contributed by atoms with E-state index in [1.54, 1.807) is 25.1 Å². The van der Waals surface area contributed by atoms with E-state index < -0.39 is 10.0 Å². The summed E-state index contributed by atoms with van der Waals surface area (Å²) in [6.45, 7) is 2.38. The van der Waals surface area contributed by atoms with Gasteiger partial charge in [0.1, 0.15) is 18.2 Å². The molecule has 0 bridgehead atoms. The summed E-state index contributed by atoms with van der Waals surface area (Å²) < 4.78 is 36.2. The number of rotatable bonds is 9. The van der Waals surface area contributed by atoms with Gasteiger partial charge in [0, 0.05) is 12.7 Å². The zero-order valence-electron chi connectivity index (χ0n) is 11.3. The highest BCUT2D eigenvalue weighted by atomic mass is 32.2. The number of benzene rings is 1. The number of anilines is 1. The molecule has 1 aromatic carbocycles. The highest BCUT2D eigenvalue weighted by Gasteiger charge is 2.10. The van der Waals surface area contributed by atoms with Crippen molar-refractivity contribution >= 4 is 21.5 Å². The Labute approximate surface area is 118 Å². The lowest BCUT2D eigenvalue weighted by Gasteiger charge is -2.10. The fraction of sp³-hybridized carbons (Fsp3) is 0.417. The summed E-state index contributed by atoms with van der Waals surface area (Å²) in [5.74, 6) is 0.220. The normalized spacial score (nSPS) is 11.1. The summed E-state index contributed by atoms with van der Waals surface area (Å²) in [5.41, 5.74) is 5.57. The Kier molecular flexibility index (Phi) is 6.26. The lowest BCUT2D eigenvalue weighted by atomic mass is 10.3. The number of sulfonamides is 1. The van der Waals surface area contributed by atoms with E-state index in [0.29, 0.717) is 18.0 Å². The number of nitrogens with one attached hydrogen (secondary N) is 2. The van der Waals surface area contributed by atoms with Crippen LogP contribution in [0.4, 0.5) is 5.69 Å². The molecule has 8 heteroatoms. The highest BCUT2D eigenvalue weighted by Crippen LogP contribution is 2.18. The highest BCUT2D eigenvalue weighted by molar-refractivity contribution is 7.92. The van der Waals surface area contributed by atoms with Crippen LogP contribution in [-0.4, -0.2) is 39.8 Å². The maximum atomic E-state index is 11.8. The predicted molar refractivity (Wildman–Crippen MR) is 77.8 cm³/mol. The Balaban J connectivity index is 2.63. The van der Waals surface area contributed by atoms with Crippen molar-refractivity contribution in [2.45, 2.75) is 6.92 Å². The fourth-order valence-corrected chi connectivity index (χ4v) is 2.28. The maximum absolute atomic E-state index is 11.8. The van der Waals surface area contributed by atoms with Crippen molar-refractivity contribution in [3.63, 3.8) is 0 Å². The van der Waals surface area contributed by atoms with Crippen LogP contribution in [0.5, 0.6) is 5.75 Å². The van der Waals surface area contributed by atoms with Gasteiger partial charge in [0.05, 0.1) is 18.0 Å². The van der Waals surface area contributed by atoms with Gasteiger partial charge in [-0.1, -0.05) is 6.07 Å². The molecule has 0 saturated carbocycles. The molecule has 1 aromatic rings. The van der Waals surface area contributed by atoms with Crippen molar-refractivity contribution in [3.8, 4) is 5.75 Å². The van der Waals surface area contributed by atoms with Gasteiger partial charge in [0.2, 0.25) is 10.0 Å². The van der Waals surface area contributed by atoms with E-state index in [4.69, 9.17) is 20.6 Å². The molecule has 112 valence electrons. The predicted octanol–water partition coefficient (Wildman–Crippen LogP) is 0.780. The standard InChI is InChI=1S/C12H19N3O4S/c1-2-18-6-7-20(16,17)15-10-4-3-5-11(8-10)19-9-12(13)14/h3-5,8,15H,2,6-7,9H2,1H3,(H3,13,14). The SMILES string of the molecule is CCOCCS(=O)(=O)Nc1cccc(OCC(=N)N)c1. The molecular formula is C12H19N3O4S. The van der Waals surface area contributed by atoms with Crippen LogP contribution < -0.4 is 15.2 Å². The van der Waals surface area contributed by atoms with Gasteiger partial charge in [0.25, 0.3) is 0 Å². The zero-order valence-corrected chi connectivity index (χ0v) is 12.1. The van der Waals surface area contributed by atoms with E-state index in [2.05, 4.69) is 4.72 Å². The second kappa shape index (κ2) is 7.71. The molecule has 4 N–H and O–H groups in total. The topological polar surface area (TPSA) is 115 Å². The van der Waals surface area contributed by atoms with Crippen LogP contribution in [0.3, 0.4) is 0 Å². The monoisotopic (exact) mass is 301 g/mol. The van der Waals surface area contributed by atoms with Gasteiger partial charge in [-0.25, -0.2) is 8.42 Å². The Morgan fingerprint density at radius 3 is 2.85 bits per heavy atom. The minimum absolute atomic E-state index is 0.0411. The molecule has 0 radical (unpaired) electrons. The van der Waals surface area contributed by atoms with Crippen molar-refractivity contribution < 1.29 is 17.9 Å². The van der Waals surface area contributed by atoms with Crippen molar-refractivity contribution in [1.29, 1.82) is 5.41 Å². The third kappa shape index (κ3) is 6.39. The largest absolute Gasteiger partial charge is 0.486 e. The summed E-state index contributed by atoms with van der Waals surface area (Å²) in [5, 5.41) is 7.06. The molecule has 0 atom stereocenters.